The van der Waals surface area contributed by atoms with Crippen LogP contribution in [0.2, 0.25) is 0 Å². The molecule has 0 aliphatic carbocycles. The van der Waals surface area contributed by atoms with Crippen LogP contribution in [0.5, 0.6) is 0 Å². The van der Waals surface area contributed by atoms with Gasteiger partial charge in [-0.2, -0.15) is 0 Å². The van der Waals surface area contributed by atoms with E-state index in [9.17, 15) is 4.79 Å². The van der Waals surface area contributed by atoms with Crippen LogP contribution in [-0.2, 0) is 9.47 Å². The van der Waals surface area contributed by atoms with Gasteiger partial charge in [-0.15, -0.1) is 11.3 Å². The zero-order chi connectivity index (χ0) is 12.5. The highest BCUT2D eigenvalue weighted by Crippen LogP contribution is 2.23. The van der Waals surface area contributed by atoms with Crippen LogP contribution >= 0.6 is 27.3 Å². The maximum absolute atomic E-state index is 11.8. The van der Waals surface area contributed by atoms with Crippen LogP contribution in [0.15, 0.2) is 15.9 Å². The Morgan fingerprint density at radius 1 is 1.71 bits per heavy atom. The van der Waals surface area contributed by atoms with E-state index in [1.54, 1.807) is 0 Å². The highest BCUT2D eigenvalue weighted by atomic mass is 79.9. The normalized spacial score (nSPS) is 22.6. The average Bonchev–Trinajstić information content (AvgIpc) is 2.81. The van der Waals surface area contributed by atoms with E-state index in [4.69, 9.17) is 9.47 Å². The van der Waals surface area contributed by atoms with Gasteiger partial charge >= 0.3 is 0 Å². The number of hydrogen-bond donors (Lipinski definition) is 1. The van der Waals surface area contributed by atoms with E-state index in [1.807, 2.05) is 25.3 Å². The molecule has 94 valence electrons. The third-order valence-corrected chi connectivity index (χ3v) is 4.22. The molecule has 6 heteroatoms. The minimum absolute atomic E-state index is 0.0762. The summed E-state index contributed by atoms with van der Waals surface area (Å²) in [5.41, 5.74) is 0. The Bertz CT molecular complexity index is 419. The van der Waals surface area contributed by atoms with Crippen LogP contribution in [0.4, 0.5) is 0 Å². The molecule has 1 N–H and O–H groups in total. The summed E-state index contributed by atoms with van der Waals surface area (Å²) in [4.78, 5) is 12.5. The van der Waals surface area contributed by atoms with Crippen molar-refractivity contribution in [1.29, 1.82) is 0 Å². The summed E-state index contributed by atoms with van der Waals surface area (Å²) >= 11 is 4.74. The predicted octanol–water partition coefficient (Wildman–Crippen LogP) is 2.39. The first kappa shape index (κ1) is 13.0. The maximum Gasteiger partial charge on any atom is 0.262 e. The van der Waals surface area contributed by atoms with Gasteiger partial charge in [0.25, 0.3) is 5.91 Å². The van der Waals surface area contributed by atoms with Gasteiger partial charge in [0.1, 0.15) is 11.0 Å². The van der Waals surface area contributed by atoms with Gasteiger partial charge in [0.2, 0.25) is 0 Å². The van der Waals surface area contributed by atoms with Crippen LogP contribution in [0.3, 0.4) is 0 Å². The minimum Gasteiger partial charge on any atom is -0.349 e. The zero-order valence-electron chi connectivity index (χ0n) is 9.66. The molecular weight excluding hydrogens is 306 g/mol. The van der Waals surface area contributed by atoms with Gasteiger partial charge < -0.3 is 14.8 Å². The Morgan fingerprint density at radius 3 is 3.00 bits per heavy atom. The second-order valence-corrected chi connectivity index (χ2v) is 6.03. The fraction of sp³-hybridized carbons (Fsp3) is 0.545. The molecular formula is C11H14BrNO3S. The fourth-order valence-corrected chi connectivity index (χ4v) is 3.07. The Hall–Kier alpha value is -0.430. The van der Waals surface area contributed by atoms with Gasteiger partial charge in [0.15, 0.2) is 5.79 Å². The van der Waals surface area contributed by atoms with Crippen molar-refractivity contribution >= 4 is 33.2 Å². The minimum atomic E-state index is -0.543. The molecule has 1 aromatic heterocycles. The lowest BCUT2D eigenvalue weighted by molar-refractivity contribution is -0.137. The van der Waals surface area contributed by atoms with Gasteiger partial charge in [-0.25, -0.2) is 0 Å². The average molecular weight is 320 g/mol. The first-order valence-electron chi connectivity index (χ1n) is 5.31. The fourth-order valence-electron chi connectivity index (χ4n) is 1.61. The number of hydrogen-bond acceptors (Lipinski definition) is 4. The van der Waals surface area contributed by atoms with Crippen LogP contribution in [-0.4, -0.2) is 30.9 Å². The van der Waals surface area contributed by atoms with Crippen molar-refractivity contribution < 1.29 is 14.3 Å². The van der Waals surface area contributed by atoms with Crippen molar-refractivity contribution in [3.05, 3.63) is 20.8 Å². The molecule has 0 radical (unpaired) electrons. The third kappa shape index (κ3) is 3.28. The highest BCUT2D eigenvalue weighted by molar-refractivity contribution is 9.10. The van der Waals surface area contributed by atoms with Crippen LogP contribution in [0, 0.1) is 0 Å². The number of rotatable bonds is 3. The van der Waals surface area contributed by atoms with Crippen molar-refractivity contribution in [1.82, 2.24) is 5.32 Å². The summed E-state index contributed by atoms with van der Waals surface area (Å²) < 4.78 is 11.8. The Morgan fingerprint density at radius 2 is 2.47 bits per heavy atom. The molecule has 0 saturated carbocycles. The SMILES string of the molecule is CC1(C)OCC(CNC(=O)c2sccc2Br)O1. The molecule has 2 heterocycles. The molecule has 1 amide bonds. The van der Waals surface area contributed by atoms with Crippen molar-refractivity contribution in [2.45, 2.75) is 25.7 Å². The Balaban J connectivity index is 1.84. The summed E-state index contributed by atoms with van der Waals surface area (Å²) in [5.74, 6) is -0.626. The summed E-state index contributed by atoms with van der Waals surface area (Å²) in [7, 11) is 0. The number of carbonyl (C=O) groups excluding carboxylic acids is 1. The van der Waals surface area contributed by atoms with Crippen molar-refractivity contribution in [3.8, 4) is 0 Å². The second kappa shape index (κ2) is 5.06. The third-order valence-electron chi connectivity index (χ3n) is 2.38. The molecule has 0 aromatic carbocycles. The maximum atomic E-state index is 11.8. The van der Waals surface area contributed by atoms with Gasteiger partial charge in [-0.3, -0.25) is 4.79 Å². The highest BCUT2D eigenvalue weighted by Gasteiger charge is 2.32. The van der Waals surface area contributed by atoms with E-state index in [-0.39, 0.29) is 12.0 Å². The molecule has 1 saturated heterocycles. The molecule has 2 rings (SSSR count). The van der Waals surface area contributed by atoms with Crippen molar-refractivity contribution in [2.24, 2.45) is 0 Å². The van der Waals surface area contributed by atoms with E-state index in [0.717, 1.165) is 4.47 Å². The lowest BCUT2D eigenvalue weighted by Gasteiger charge is -2.17. The van der Waals surface area contributed by atoms with Crippen LogP contribution in [0.25, 0.3) is 0 Å². The molecule has 0 bridgehead atoms. The number of thiophene rings is 1. The molecule has 1 aromatic rings. The molecule has 1 aliphatic heterocycles. The quantitative estimate of drug-likeness (QED) is 0.930. The standard InChI is InChI=1S/C11H14BrNO3S/c1-11(2)15-6-7(16-11)5-13-10(14)9-8(12)3-4-17-9/h3-4,7H,5-6H2,1-2H3,(H,13,14). The van der Waals surface area contributed by atoms with Gasteiger partial charge in [0, 0.05) is 11.0 Å². The van der Waals surface area contributed by atoms with Gasteiger partial charge in [-0.1, -0.05) is 0 Å². The lowest BCUT2D eigenvalue weighted by atomic mass is 10.3. The summed E-state index contributed by atoms with van der Waals surface area (Å²) in [6.07, 6.45) is -0.0762. The molecule has 1 unspecified atom stereocenters. The van der Waals surface area contributed by atoms with E-state index in [2.05, 4.69) is 21.2 Å². The first-order valence-corrected chi connectivity index (χ1v) is 6.98. The molecule has 0 spiro atoms. The monoisotopic (exact) mass is 319 g/mol. The molecule has 17 heavy (non-hydrogen) atoms. The summed E-state index contributed by atoms with van der Waals surface area (Å²) in [6, 6.07) is 1.86. The smallest absolute Gasteiger partial charge is 0.262 e. The summed E-state index contributed by atoms with van der Waals surface area (Å²) in [6.45, 7) is 4.71. The van der Waals surface area contributed by atoms with E-state index < -0.39 is 5.79 Å². The zero-order valence-corrected chi connectivity index (χ0v) is 12.1. The molecule has 1 aliphatic rings. The number of ether oxygens (including phenoxy) is 2. The lowest BCUT2D eigenvalue weighted by Crippen LogP contribution is -2.34. The molecule has 1 fully saturated rings. The number of halogens is 1. The Labute approximate surface area is 112 Å². The van der Waals surface area contributed by atoms with E-state index in [0.29, 0.717) is 18.0 Å². The largest absolute Gasteiger partial charge is 0.349 e. The first-order chi connectivity index (χ1) is 7.98. The number of nitrogens with one attached hydrogen (secondary N) is 1. The summed E-state index contributed by atoms with van der Waals surface area (Å²) in [5, 5.41) is 4.71. The molecule has 4 nitrogen and oxygen atoms in total. The van der Waals surface area contributed by atoms with E-state index >= 15 is 0 Å². The van der Waals surface area contributed by atoms with Gasteiger partial charge in [-0.05, 0) is 41.2 Å². The number of amides is 1. The van der Waals surface area contributed by atoms with Crippen molar-refractivity contribution in [2.75, 3.05) is 13.2 Å². The molecule has 1 atom stereocenters. The Kier molecular flexibility index (Phi) is 3.87. The van der Waals surface area contributed by atoms with Crippen LogP contribution in [0.1, 0.15) is 23.5 Å². The van der Waals surface area contributed by atoms with Crippen LogP contribution < -0.4 is 5.32 Å². The van der Waals surface area contributed by atoms with Gasteiger partial charge in [0.05, 0.1) is 6.61 Å². The number of carbonyl (C=O) groups is 1. The van der Waals surface area contributed by atoms with E-state index in [1.165, 1.54) is 11.3 Å². The predicted molar refractivity (Wildman–Crippen MR) is 69.3 cm³/mol. The second-order valence-electron chi connectivity index (χ2n) is 4.26. The topological polar surface area (TPSA) is 47.6 Å². The van der Waals surface area contributed by atoms with Crippen molar-refractivity contribution in [3.63, 3.8) is 0 Å².